The largest absolute Gasteiger partial charge is 0.464 e. The second-order valence-electron chi connectivity index (χ2n) is 5.09. The number of aliphatic imine (C=N–C) groups is 1. The van der Waals surface area contributed by atoms with Gasteiger partial charge in [0.1, 0.15) is 17.3 Å². The number of hydrogen-bond acceptors (Lipinski definition) is 3. The monoisotopic (exact) mass is 335 g/mol. The van der Waals surface area contributed by atoms with Gasteiger partial charge in [0.25, 0.3) is 0 Å². The fraction of sp³-hybridized carbons (Fsp3) is 0.353. The van der Waals surface area contributed by atoms with Gasteiger partial charge in [0, 0.05) is 24.2 Å². The first-order chi connectivity index (χ1) is 11.1. The Morgan fingerprint density at radius 3 is 2.74 bits per heavy atom. The molecule has 0 aliphatic carbocycles. The fourth-order valence-corrected chi connectivity index (χ4v) is 2.85. The Bertz CT molecular complexity index is 657. The molecule has 0 aliphatic heterocycles. The van der Waals surface area contributed by atoms with Crippen molar-refractivity contribution < 1.29 is 8.81 Å². The van der Waals surface area contributed by atoms with E-state index < -0.39 is 0 Å². The topological polar surface area (TPSA) is 49.6 Å². The maximum atomic E-state index is 13.5. The Hall–Kier alpha value is -1.95. The van der Waals surface area contributed by atoms with Crippen molar-refractivity contribution in [2.45, 2.75) is 24.8 Å². The highest BCUT2D eigenvalue weighted by Gasteiger charge is 2.11. The van der Waals surface area contributed by atoms with Crippen molar-refractivity contribution in [2.75, 3.05) is 19.3 Å². The molecule has 2 N–H and O–H groups in total. The molecule has 0 aliphatic rings. The molecule has 1 unspecified atom stereocenters. The van der Waals surface area contributed by atoms with Crippen molar-refractivity contribution in [1.29, 1.82) is 0 Å². The van der Waals surface area contributed by atoms with E-state index in [9.17, 15) is 4.39 Å². The van der Waals surface area contributed by atoms with Gasteiger partial charge in [-0.15, -0.1) is 11.8 Å². The molecule has 0 saturated heterocycles. The lowest BCUT2D eigenvalue weighted by Crippen LogP contribution is -2.39. The average molecular weight is 335 g/mol. The minimum Gasteiger partial charge on any atom is -0.464 e. The maximum absolute atomic E-state index is 13.5. The van der Waals surface area contributed by atoms with E-state index in [2.05, 4.69) is 15.6 Å². The van der Waals surface area contributed by atoms with Crippen LogP contribution in [0.5, 0.6) is 0 Å². The summed E-state index contributed by atoms with van der Waals surface area (Å²) in [5.74, 6) is 3.02. The van der Waals surface area contributed by atoms with Gasteiger partial charge in [0.15, 0.2) is 5.96 Å². The first-order valence-electron chi connectivity index (χ1n) is 7.51. The highest BCUT2D eigenvalue weighted by molar-refractivity contribution is 7.99. The number of aryl methyl sites for hydroxylation is 1. The molecular weight excluding hydrogens is 313 g/mol. The van der Waals surface area contributed by atoms with Gasteiger partial charge in [-0.3, -0.25) is 4.99 Å². The predicted molar refractivity (Wildman–Crippen MR) is 93.5 cm³/mol. The molecule has 6 heteroatoms. The summed E-state index contributed by atoms with van der Waals surface area (Å²) in [6, 6.07) is 10.7. The Kier molecular flexibility index (Phi) is 6.52. The van der Waals surface area contributed by atoms with Crippen molar-refractivity contribution in [1.82, 2.24) is 10.6 Å². The lowest BCUT2D eigenvalue weighted by atomic mass is 10.2. The van der Waals surface area contributed by atoms with Crippen LogP contribution in [0.4, 0.5) is 4.39 Å². The van der Waals surface area contributed by atoms with Crippen LogP contribution in [-0.2, 0) is 0 Å². The van der Waals surface area contributed by atoms with Crippen molar-refractivity contribution in [3.63, 3.8) is 0 Å². The molecule has 4 nitrogen and oxygen atoms in total. The van der Waals surface area contributed by atoms with Crippen molar-refractivity contribution in [2.24, 2.45) is 4.99 Å². The highest BCUT2D eigenvalue weighted by Crippen LogP contribution is 2.20. The molecule has 23 heavy (non-hydrogen) atoms. The number of benzene rings is 1. The van der Waals surface area contributed by atoms with E-state index in [0.717, 1.165) is 17.3 Å². The van der Waals surface area contributed by atoms with Gasteiger partial charge < -0.3 is 15.1 Å². The normalized spacial score (nSPS) is 13.0. The van der Waals surface area contributed by atoms with Crippen LogP contribution in [0.1, 0.15) is 24.5 Å². The van der Waals surface area contributed by atoms with Gasteiger partial charge in [0.2, 0.25) is 0 Å². The number of halogens is 1. The van der Waals surface area contributed by atoms with Gasteiger partial charge in [0.05, 0.1) is 6.04 Å². The quantitative estimate of drug-likeness (QED) is 0.365. The van der Waals surface area contributed by atoms with E-state index >= 15 is 0 Å². The molecule has 1 aromatic carbocycles. The van der Waals surface area contributed by atoms with E-state index in [4.69, 9.17) is 4.42 Å². The molecule has 2 rings (SSSR count). The third-order valence-electron chi connectivity index (χ3n) is 3.25. The Morgan fingerprint density at radius 2 is 2.09 bits per heavy atom. The number of nitrogens with zero attached hydrogens (tertiary/aromatic N) is 1. The second-order valence-corrected chi connectivity index (χ2v) is 6.23. The lowest BCUT2D eigenvalue weighted by molar-refractivity contribution is 0.441. The molecule has 1 atom stereocenters. The molecule has 0 saturated carbocycles. The summed E-state index contributed by atoms with van der Waals surface area (Å²) in [5, 5.41) is 6.49. The number of guanidine groups is 1. The Balaban J connectivity index is 1.76. The van der Waals surface area contributed by atoms with Crippen LogP contribution in [0.3, 0.4) is 0 Å². The number of hydrogen-bond donors (Lipinski definition) is 2. The van der Waals surface area contributed by atoms with E-state index in [1.54, 1.807) is 19.2 Å². The smallest absolute Gasteiger partial charge is 0.191 e. The van der Waals surface area contributed by atoms with Gasteiger partial charge >= 0.3 is 0 Å². The number of nitrogens with one attached hydrogen (secondary N) is 2. The molecule has 124 valence electrons. The highest BCUT2D eigenvalue weighted by atomic mass is 32.2. The molecule has 0 bridgehead atoms. The summed E-state index contributed by atoms with van der Waals surface area (Å²) in [4.78, 5) is 4.86. The zero-order valence-electron chi connectivity index (χ0n) is 13.6. The van der Waals surface area contributed by atoms with Gasteiger partial charge in [-0.25, -0.2) is 4.39 Å². The third-order valence-corrected chi connectivity index (χ3v) is 4.30. The van der Waals surface area contributed by atoms with Gasteiger partial charge in [-0.1, -0.05) is 12.1 Å². The molecular formula is C17H22FN3OS. The van der Waals surface area contributed by atoms with Crippen LogP contribution >= 0.6 is 11.8 Å². The summed E-state index contributed by atoms with van der Waals surface area (Å²) in [7, 11) is 1.72. The summed E-state index contributed by atoms with van der Waals surface area (Å²) < 4.78 is 19.1. The van der Waals surface area contributed by atoms with Crippen LogP contribution in [0, 0.1) is 12.7 Å². The molecule has 0 fully saturated rings. The predicted octanol–water partition coefficient (Wildman–Crippen LogP) is 3.75. The summed E-state index contributed by atoms with van der Waals surface area (Å²) >= 11 is 1.48. The van der Waals surface area contributed by atoms with Crippen LogP contribution in [0.25, 0.3) is 0 Å². The third kappa shape index (κ3) is 5.32. The Labute approximate surface area is 140 Å². The molecule has 2 aromatic rings. The van der Waals surface area contributed by atoms with Crippen LogP contribution in [0.15, 0.2) is 50.7 Å². The van der Waals surface area contributed by atoms with Crippen molar-refractivity contribution in [3.8, 4) is 0 Å². The minimum absolute atomic E-state index is 0.0223. The van der Waals surface area contributed by atoms with Crippen LogP contribution in [-0.4, -0.2) is 25.3 Å². The standard InChI is InChI=1S/C17H22FN3OS/c1-12-8-9-15(22-12)13(2)21-17(19-3)20-10-11-23-16-7-5-4-6-14(16)18/h4-9,13H,10-11H2,1-3H3,(H2,19,20,21). The van der Waals surface area contributed by atoms with E-state index in [-0.39, 0.29) is 11.9 Å². The fourth-order valence-electron chi connectivity index (χ4n) is 2.05. The van der Waals surface area contributed by atoms with Crippen molar-refractivity contribution >= 4 is 17.7 Å². The zero-order valence-corrected chi connectivity index (χ0v) is 14.4. The van der Waals surface area contributed by atoms with Gasteiger partial charge in [-0.2, -0.15) is 0 Å². The lowest BCUT2D eigenvalue weighted by Gasteiger charge is -2.16. The van der Waals surface area contributed by atoms with E-state index in [0.29, 0.717) is 17.4 Å². The SMILES string of the molecule is CN=C(NCCSc1ccccc1F)NC(C)c1ccc(C)o1. The molecule has 0 radical (unpaired) electrons. The first-order valence-corrected chi connectivity index (χ1v) is 8.49. The summed E-state index contributed by atoms with van der Waals surface area (Å²) in [6.07, 6.45) is 0. The number of thioether (sulfide) groups is 1. The van der Waals surface area contributed by atoms with Crippen molar-refractivity contribution in [3.05, 3.63) is 53.7 Å². The summed E-state index contributed by atoms with van der Waals surface area (Å²) in [5.41, 5.74) is 0. The van der Waals surface area contributed by atoms with Crippen LogP contribution < -0.4 is 10.6 Å². The number of furan rings is 1. The Morgan fingerprint density at radius 1 is 1.30 bits per heavy atom. The number of rotatable bonds is 6. The van der Waals surface area contributed by atoms with Crippen LogP contribution in [0.2, 0.25) is 0 Å². The molecule has 1 heterocycles. The second kappa shape index (κ2) is 8.62. The van der Waals surface area contributed by atoms with Gasteiger partial charge in [-0.05, 0) is 38.1 Å². The first kappa shape index (κ1) is 17.4. The zero-order chi connectivity index (χ0) is 16.7. The molecule has 0 spiro atoms. The molecule has 1 aromatic heterocycles. The van der Waals surface area contributed by atoms with E-state index in [1.165, 1.54) is 17.8 Å². The summed E-state index contributed by atoms with van der Waals surface area (Å²) in [6.45, 7) is 4.62. The maximum Gasteiger partial charge on any atom is 0.191 e. The van der Waals surface area contributed by atoms with E-state index in [1.807, 2.05) is 32.0 Å². The minimum atomic E-state index is -0.179. The molecule has 0 amide bonds. The average Bonchev–Trinajstić information content (AvgIpc) is 2.98.